The van der Waals surface area contributed by atoms with E-state index in [0.717, 1.165) is 4.57 Å². The van der Waals surface area contributed by atoms with Crippen molar-refractivity contribution in [2.75, 3.05) is 5.32 Å². The number of aromatic nitrogens is 2. The van der Waals surface area contributed by atoms with Crippen molar-refractivity contribution in [1.82, 2.24) is 9.13 Å². The first-order valence-electron chi connectivity index (χ1n) is 9.66. The highest BCUT2D eigenvalue weighted by molar-refractivity contribution is 6.01. The van der Waals surface area contributed by atoms with Gasteiger partial charge in [-0.3, -0.25) is 18.7 Å². The van der Waals surface area contributed by atoms with E-state index in [1.807, 2.05) is 13.8 Å². The predicted octanol–water partition coefficient (Wildman–Crippen LogP) is 0.648. The smallest absolute Gasteiger partial charge is 0.332 e. The van der Waals surface area contributed by atoms with Crippen LogP contribution in [-0.2, 0) is 18.9 Å². The summed E-state index contributed by atoms with van der Waals surface area (Å²) in [7, 11) is 2.97. The summed E-state index contributed by atoms with van der Waals surface area (Å²) in [5.74, 6) is -1.70. The van der Waals surface area contributed by atoms with Crippen molar-refractivity contribution in [1.29, 1.82) is 0 Å². The Bertz CT molecular complexity index is 1250. The molecule has 1 aliphatic heterocycles. The van der Waals surface area contributed by atoms with Crippen molar-refractivity contribution in [3.8, 4) is 0 Å². The van der Waals surface area contributed by atoms with Gasteiger partial charge in [0.05, 0.1) is 11.5 Å². The molecule has 0 spiro atoms. The maximum atomic E-state index is 13.2. The van der Waals surface area contributed by atoms with E-state index in [9.17, 15) is 24.3 Å². The van der Waals surface area contributed by atoms with Crippen LogP contribution in [0.4, 0.5) is 5.82 Å². The lowest BCUT2D eigenvalue weighted by Crippen LogP contribution is -2.45. The van der Waals surface area contributed by atoms with Crippen LogP contribution < -0.4 is 21.7 Å². The molecule has 0 amide bonds. The molecule has 1 atom stereocenters. The van der Waals surface area contributed by atoms with E-state index in [1.54, 1.807) is 19.2 Å². The van der Waals surface area contributed by atoms with Crippen molar-refractivity contribution in [3.63, 3.8) is 0 Å². The summed E-state index contributed by atoms with van der Waals surface area (Å²) >= 11 is 0. The van der Waals surface area contributed by atoms with Gasteiger partial charge in [0.15, 0.2) is 5.78 Å². The van der Waals surface area contributed by atoms with Crippen LogP contribution in [0.25, 0.3) is 0 Å². The molecule has 1 N–H and O–H groups in total. The van der Waals surface area contributed by atoms with Crippen molar-refractivity contribution in [2.24, 2.45) is 19.5 Å². The normalized spacial score (nSPS) is 19.7. The number of carboxylic acid groups (broad SMARTS) is 1. The van der Waals surface area contributed by atoms with Gasteiger partial charge in [-0.1, -0.05) is 38.1 Å². The zero-order valence-corrected chi connectivity index (χ0v) is 17.2. The van der Waals surface area contributed by atoms with E-state index < -0.39 is 23.1 Å². The van der Waals surface area contributed by atoms with Crippen LogP contribution in [0, 0.1) is 5.41 Å². The van der Waals surface area contributed by atoms with Gasteiger partial charge < -0.3 is 15.2 Å². The number of Topliss-reactive ketones (excluding diaryl/α,β-unsaturated/α-hetero) is 1. The molecule has 0 unspecified atom stereocenters. The number of nitrogens with one attached hydrogen (secondary N) is 1. The van der Waals surface area contributed by atoms with Gasteiger partial charge in [-0.2, -0.15) is 0 Å². The molecule has 2 aromatic rings. The fourth-order valence-electron chi connectivity index (χ4n) is 4.49. The maximum Gasteiger partial charge on any atom is 0.332 e. The number of allylic oxidation sites excluding steroid dienone is 2. The molecule has 4 rings (SSSR count). The monoisotopic (exact) mass is 408 g/mol. The molecular formula is C22H22N3O5-. The van der Waals surface area contributed by atoms with Crippen LogP contribution in [0.2, 0.25) is 0 Å². The number of aromatic carboxylic acids is 1. The lowest BCUT2D eigenvalue weighted by molar-refractivity contribution is -0.255. The number of carbonyl (C=O) groups excluding carboxylic acids is 2. The fraction of sp³-hybridized carbons (Fsp3) is 0.364. The van der Waals surface area contributed by atoms with Crippen LogP contribution in [0.5, 0.6) is 0 Å². The van der Waals surface area contributed by atoms with Crippen molar-refractivity contribution < 1.29 is 14.7 Å². The number of rotatable bonds is 2. The molecule has 0 saturated heterocycles. The highest BCUT2D eigenvalue weighted by Crippen LogP contribution is 2.47. The number of nitrogens with zero attached hydrogens (tertiary/aromatic N) is 2. The molecule has 1 aromatic heterocycles. The number of hydrogen-bond donors (Lipinski definition) is 1. The molecule has 8 heteroatoms. The number of anilines is 1. The summed E-state index contributed by atoms with van der Waals surface area (Å²) in [6.45, 7) is 4.00. The molecule has 156 valence electrons. The van der Waals surface area contributed by atoms with Crippen molar-refractivity contribution >= 4 is 17.6 Å². The summed E-state index contributed by atoms with van der Waals surface area (Å²) in [5.41, 5.74) is 0.891. The van der Waals surface area contributed by atoms with Crippen molar-refractivity contribution in [2.45, 2.75) is 32.6 Å². The Kier molecular flexibility index (Phi) is 4.34. The van der Waals surface area contributed by atoms with Gasteiger partial charge in [0, 0.05) is 37.7 Å². The molecule has 0 radical (unpaired) electrons. The molecule has 0 bridgehead atoms. The quantitative estimate of drug-likeness (QED) is 0.781. The van der Waals surface area contributed by atoms with Gasteiger partial charge >= 0.3 is 5.69 Å². The molecule has 8 nitrogen and oxygen atoms in total. The van der Waals surface area contributed by atoms with Crippen LogP contribution in [0.1, 0.15) is 54.1 Å². The molecule has 1 aromatic carbocycles. The van der Waals surface area contributed by atoms with Crippen LogP contribution >= 0.6 is 0 Å². The molecule has 30 heavy (non-hydrogen) atoms. The maximum absolute atomic E-state index is 13.2. The van der Waals surface area contributed by atoms with Gasteiger partial charge in [-0.05, 0) is 23.0 Å². The minimum absolute atomic E-state index is 0.00609. The number of benzene rings is 1. The first-order valence-corrected chi connectivity index (χ1v) is 9.66. The van der Waals surface area contributed by atoms with Crippen LogP contribution in [0.15, 0.2) is 45.1 Å². The highest BCUT2D eigenvalue weighted by Gasteiger charge is 2.42. The largest absolute Gasteiger partial charge is 0.545 e. The Hall–Kier alpha value is -3.42. The number of fused-ring (bicyclic) bond motifs is 1. The van der Waals surface area contributed by atoms with Gasteiger partial charge in [0.1, 0.15) is 5.82 Å². The Morgan fingerprint density at radius 1 is 1.07 bits per heavy atom. The van der Waals surface area contributed by atoms with E-state index in [4.69, 9.17) is 0 Å². The molecular weight excluding hydrogens is 386 g/mol. The number of carboxylic acids is 1. The van der Waals surface area contributed by atoms with E-state index in [2.05, 4.69) is 5.32 Å². The third-order valence-electron chi connectivity index (χ3n) is 5.95. The van der Waals surface area contributed by atoms with E-state index >= 15 is 0 Å². The molecule has 2 heterocycles. The first-order chi connectivity index (χ1) is 14.0. The second-order valence-corrected chi connectivity index (χ2v) is 8.77. The molecule has 1 aliphatic carbocycles. The summed E-state index contributed by atoms with van der Waals surface area (Å²) in [5, 5.41) is 14.3. The molecule has 0 fully saturated rings. The Morgan fingerprint density at radius 3 is 2.30 bits per heavy atom. The number of hydrogen-bond acceptors (Lipinski definition) is 6. The average molecular weight is 408 g/mol. The zero-order chi connectivity index (χ0) is 22.0. The third-order valence-corrected chi connectivity index (χ3v) is 5.95. The molecule has 2 aliphatic rings. The summed E-state index contributed by atoms with van der Waals surface area (Å²) < 4.78 is 2.39. The Balaban J connectivity index is 2.03. The van der Waals surface area contributed by atoms with E-state index in [1.165, 1.54) is 23.7 Å². The van der Waals surface area contributed by atoms with Gasteiger partial charge in [0.2, 0.25) is 0 Å². The van der Waals surface area contributed by atoms with E-state index in [0.29, 0.717) is 41.1 Å². The third kappa shape index (κ3) is 2.91. The van der Waals surface area contributed by atoms with Gasteiger partial charge in [-0.25, -0.2) is 4.79 Å². The standard InChI is InChI=1S/C22H23N3O5/c1-22(2)9-13-16(14(26)10-22)15(11-5-7-12(8-6-11)20(28)29)17-18(23-13)24(3)21(30)25(4)19(17)27/h5-8,15,23H,9-10H2,1-4H3,(H,28,29)/p-1/t15-/m1/s1. The Morgan fingerprint density at radius 2 is 1.70 bits per heavy atom. The lowest BCUT2D eigenvalue weighted by atomic mass is 9.69. The molecule has 0 saturated carbocycles. The minimum atomic E-state index is -1.30. The second kappa shape index (κ2) is 6.55. The SMILES string of the molecule is Cn1c2c(c(=O)n(C)c1=O)[C@H](c1ccc(C(=O)[O-])cc1)C1=C(CC(C)(C)CC1=O)N2. The zero-order valence-electron chi connectivity index (χ0n) is 17.2. The summed E-state index contributed by atoms with van der Waals surface area (Å²) in [6.07, 6.45) is 0.924. The van der Waals surface area contributed by atoms with Gasteiger partial charge in [0.25, 0.3) is 5.56 Å². The summed E-state index contributed by atoms with van der Waals surface area (Å²) in [6, 6.07) is 5.98. The van der Waals surface area contributed by atoms with E-state index in [-0.39, 0.29) is 16.8 Å². The van der Waals surface area contributed by atoms with Crippen LogP contribution in [-0.4, -0.2) is 20.9 Å². The lowest BCUT2D eigenvalue weighted by Gasteiger charge is -2.39. The summed E-state index contributed by atoms with van der Waals surface area (Å²) in [4.78, 5) is 50.0. The fourth-order valence-corrected chi connectivity index (χ4v) is 4.49. The number of ketones is 1. The Labute approximate surface area is 172 Å². The van der Waals surface area contributed by atoms with Gasteiger partial charge in [-0.15, -0.1) is 0 Å². The first kappa shape index (κ1) is 19.9. The highest BCUT2D eigenvalue weighted by atomic mass is 16.4. The minimum Gasteiger partial charge on any atom is -0.545 e. The second-order valence-electron chi connectivity index (χ2n) is 8.77. The predicted molar refractivity (Wildman–Crippen MR) is 108 cm³/mol. The van der Waals surface area contributed by atoms with Crippen LogP contribution in [0.3, 0.4) is 0 Å². The van der Waals surface area contributed by atoms with Crippen molar-refractivity contribution in [3.05, 3.63) is 73.1 Å². The number of carbonyl (C=O) groups is 2. The topological polar surface area (TPSA) is 113 Å². The average Bonchev–Trinajstić information content (AvgIpc) is 2.68.